The monoisotopic (exact) mass is 270 g/mol. The van der Waals surface area contributed by atoms with Crippen LogP contribution in [0.15, 0.2) is 12.7 Å². The van der Waals surface area contributed by atoms with Crippen molar-refractivity contribution in [2.24, 2.45) is 11.5 Å². The largest absolute Gasteiger partial charge is 0.349 e. The summed E-state index contributed by atoms with van der Waals surface area (Å²) >= 11 is 0. The van der Waals surface area contributed by atoms with Gasteiger partial charge in [-0.15, -0.1) is 6.58 Å². The first-order chi connectivity index (χ1) is 9.19. The fraction of sp³-hybridized carbons (Fsp3) is 0.786. The number of amides is 1. The molecule has 0 spiro atoms. The van der Waals surface area contributed by atoms with Crippen molar-refractivity contribution in [3.8, 4) is 0 Å². The summed E-state index contributed by atoms with van der Waals surface area (Å²) < 4.78 is 0. The van der Waals surface area contributed by atoms with Crippen LogP contribution < -0.4 is 22.1 Å². The molecule has 0 aliphatic carbocycles. The summed E-state index contributed by atoms with van der Waals surface area (Å²) in [4.78, 5) is 12.1. The molecule has 2 unspecified atom stereocenters. The normalized spacial score (nSPS) is 13.8. The first kappa shape index (κ1) is 18.1. The molecule has 5 nitrogen and oxygen atoms in total. The van der Waals surface area contributed by atoms with Gasteiger partial charge in [-0.05, 0) is 52.2 Å². The highest BCUT2D eigenvalue weighted by molar-refractivity contribution is 5.82. The van der Waals surface area contributed by atoms with Crippen LogP contribution in [0.3, 0.4) is 0 Å². The molecule has 0 aromatic rings. The van der Waals surface area contributed by atoms with Crippen LogP contribution in [0.25, 0.3) is 0 Å². The predicted octanol–water partition coefficient (Wildman–Crippen LogP) is 0.503. The number of unbranched alkanes of at least 4 members (excludes halogenated alkanes) is 2. The van der Waals surface area contributed by atoms with Crippen molar-refractivity contribution in [1.82, 2.24) is 10.6 Å². The van der Waals surface area contributed by atoms with Gasteiger partial charge in [-0.2, -0.15) is 0 Å². The lowest BCUT2D eigenvalue weighted by atomic mass is 10.1. The third kappa shape index (κ3) is 8.75. The number of nitrogens with one attached hydrogen (secondary N) is 2. The van der Waals surface area contributed by atoms with E-state index >= 15 is 0 Å². The average molecular weight is 270 g/mol. The van der Waals surface area contributed by atoms with Crippen molar-refractivity contribution in [3.63, 3.8) is 0 Å². The van der Waals surface area contributed by atoms with Gasteiger partial charge in [-0.3, -0.25) is 4.79 Å². The molecule has 0 aromatic heterocycles. The van der Waals surface area contributed by atoms with E-state index < -0.39 is 0 Å². The van der Waals surface area contributed by atoms with Crippen LogP contribution in [-0.4, -0.2) is 38.1 Å². The molecule has 0 saturated carbocycles. The topological polar surface area (TPSA) is 93.2 Å². The Kier molecular flexibility index (Phi) is 11.6. The van der Waals surface area contributed by atoms with Gasteiger partial charge in [0.1, 0.15) is 0 Å². The van der Waals surface area contributed by atoms with Gasteiger partial charge in [0.25, 0.3) is 0 Å². The third-order valence-electron chi connectivity index (χ3n) is 3.19. The van der Waals surface area contributed by atoms with Crippen molar-refractivity contribution in [3.05, 3.63) is 12.7 Å². The molecule has 5 heteroatoms. The smallest absolute Gasteiger partial charge is 0.237 e. The van der Waals surface area contributed by atoms with Crippen LogP contribution in [0.4, 0.5) is 0 Å². The molecular weight excluding hydrogens is 240 g/mol. The summed E-state index contributed by atoms with van der Waals surface area (Å²) in [5.41, 5.74) is 10.9. The summed E-state index contributed by atoms with van der Waals surface area (Å²) in [6, 6.07) is -0.118. The van der Waals surface area contributed by atoms with E-state index in [0.29, 0.717) is 13.1 Å². The molecule has 1 amide bonds. The zero-order valence-electron chi connectivity index (χ0n) is 12.2. The Balaban J connectivity index is 4.08. The van der Waals surface area contributed by atoms with Gasteiger partial charge < -0.3 is 22.1 Å². The zero-order valence-corrected chi connectivity index (χ0v) is 12.2. The summed E-state index contributed by atoms with van der Waals surface area (Å²) in [5, 5.41) is 6.06. The van der Waals surface area contributed by atoms with Gasteiger partial charge in [0.15, 0.2) is 0 Å². The van der Waals surface area contributed by atoms with Crippen LogP contribution in [-0.2, 0) is 4.79 Å². The molecular formula is C14H30N4O. The lowest BCUT2D eigenvalue weighted by Crippen LogP contribution is -2.46. The maximum Gasteiger partial charge on any atom is 0.237 e. The Bertz CT molecular complexity index is 246. The minimum atomic E-state index is -0.150. The summed E-state index contributed by atoms with van der Waals surface area (Å²) in [6.45, 7) is 5.13. The van der Waals surface area contributed by atoms with Crippen molar-refractivity contribution < 1.29 is 4.79 Å². The fourth-order valence-electron chi connectivity index (χ4n) is 1.94. The predicted molar refractivity (Wildman–Crippen MR) is 80.8 cm³/mol. The van der Waals surface area contributed by atoms with Crippen molar-refractivity contribution in [1.29, 1.82) is 0 Å². The van der Waals surface area contributed by atoms with Crippen molar-refractivity contribution in [2.75, 3.05) is 20.1 Å². The molecule has 6 N–H and O–H groups in total. The van der Waals surface area contributed by atoms with Gasteiger partial charge in [-0.25, -0.2) is 0 Å². The van der Waals surface area contributed by atoms with E-state index in [1.807, 2.05) is 7.05 Å². The highest BCUT2D eigenvalue weighted by Gasteiger charge is 2.17. The van der Waals surface area contributed by atoms with Gasteiger partial charge >= 0.3 is 0 Å². The van der Waals surface area contributed by atoms with E-state index in [0.717, 1.165) is 38.5 Å². The Hall–Kier alpha value is -0.910. The third-order valence-corrected chi connectivity index (χ3v) is 3.19. The second-order valence-electron chi connectivity index (χ2n) is 4.76. The van der Waals surface area contributed by atoms with E-state index in [4.69, 9.17) is 11.5 Å². The lowest BCUT2D eigenvalue weighted by molar-refractivity contribution is -0.123. The summed E-state index contributed by atoms with van der Waals surface area (Å²) in [5.74, 6) is 0.0390. The fourth-order valence-corrected chi connectivity index (χ4v) is 1.94. The standard InChI is InChI=1S/C14H30N4O/c1-3-12(8-4-6-10-15)18-14(19)13(17-2)9-5-7-11-16/h3,12-13,17H,1,4-11,15-16H2,2H3,(H,18,19). The maximum absolute atomic E-state index is 12.1. The highest BCUT2D eigenvalue weighted by Crippen LogP contribution is 2.04. The van der Waals surface area contributed by atoms with E-state index in [2.05, 4.69) is 17.2 Å². The van der Waals surface area contributed by atoms with Crippen molar-refractivity contribution >= 4 is 5.91 Å². The maximum atomic E-state index is 12.1. The molecule has 0 rings (SSSR count). The molecule has 0 heterocycles. The van der Waals surface area contributed by atoms with Gasteiger partial charge in [0.05, 0.1) is 6.04 Å². The summed E-state index contributed by atoms with van der Waals surface area (Å²) in [7, 11) is 1.81. The Labute approximate surface area is 117 Å². The van der Waals surface area contributed by atoms with Crippen LogP contribution in [0.2, 0.25) is 0 Å². The van der Waals surface area contributed by atoms with Crippen molar-refractivity contribution in [2.45, 2.75) is 50.6 Å². The Morgan fingerprint density at radius 3 is 2.21 bits per heavy atom. The van der Waals surface area contributed by atoms with Crippen LogP contribution in [0.1, 0.15) is 38.5 Å². The number of likely N-dealkylation sites (N-methyl/N-ethyl adjacent to an activating group) is 1. The SMILES string of the molecule is C=CC(CCCCN)NC(=O)C(CCCCN)NC. The minimum Gasteiger partial charge on any atom is -0.349 e. The molecule has 0 fully saturated rings. The molecule has 0 bridgehead atoms. The lowest BCUT2D eigenvalue weighted by Gasteiger charge is -2.20. The Morgan fingerprint density at radius 1 is 1.16 bits per heavy atom. The van der Waals surface area contributed by atoms with Crippen LogP contribution in [0.5, 0.6) is 0 Å². The van der Waals surface area contributed by atoms with E-state index in [9.17, 15) is 4.79 Å². The van der Waals surface area contributed by atoms with Gasteiger partial charge in [0.2, 0.25) is 5.91 Å². The first-order valence-electron chi connectivity index (χ1n) is 7.19. The Morgan fingerprint density at radius 2 is 1.74 bits per heavy atom. The second kappa shape index (κ2) is 12.1. The number of carbonyl (C=O) groups is 1. The van der Waals surface area contributed by atoms with E-state index in [1.54, 1.807) is 6.08 Å². The molecule has 0 aliphatic heterocycles. The van der Waals surface area contributed by atoms with Gasteiger partial charge in [-0.1, -0.05) is 12.5 Å². The minimum absolute atomic E-state index is 0.0319. The van der Waals surface area contributed by atoms with Crippen LogP contribution >= 0.6 is 0 Å². The second-order valence-corrected chi connectivity index (χ2v) is 4.76. The first-order valence-corrected chi connectivity index (χ1v) is 7.19. The molecule has 0 radical (unpaired) electrons. The molecule has 2 atom stereocenters. The summed E-state index contributed by atoms with van der Waals surface area (Å²) in [6.07, 6.45) is 7.39. The molecule has 19 heavy (non-hydrogen) atoms. The van der Waals surface area contributed by atoms with E-state index in [-0.39, 0.29) is 18.0 Å². The molecule has 0 saturated heterocycles. The number of carbonyl (C=O) groups excluding carboxylic acids is 1. The quantitative estimate of drug-likeness (QED) is 0.307. The molecule has 0 aliphatic rings. The average Bonchev–Trinajstić information content (AvgIpc) is 2.42. The van der Waals surface area contributed by atoms with E-state index in [1.165, 1.54) is 0 Å². The number of hydrogen-bond donors (Lipinski definition) is 4. The molecule has 0 aromatic carbocycles. The number of rotatable bonds is 12. The highest BCUT2D eigenvalue weighted by atomic mass is 16.2. The zero-order chi connectivity index (χ0) is 14.5. The van der Waals surface area contributed by atoms with Crippen LogP contribution in [0, 0.1) is 0 Å². The number of hydrogen-bond acceptors (Lipinski definition) is 4. The molecule has 112 valence electrons. The number of nitrogens with two attached hydrogens (primary N) is 2. The van der Waals surface area contributed by atoms with Gasteiger partial charge in [0, 0.05) is 6.04 Å².